The van der Waals surface area contributed by atoms with Crippen LogP contribution in [0.3, 0.4) is 0 Å². The Hall–Kier alpha value is -0.830. The standard InChI is InChI=1S/C12H20O3/c1-9-6-4-5-7-11(9)8-15-10(2)12(13)14-3/h4-5,9-11H,6-8H2,1-3H3/t9?,10-,11?/m1/s1. The van der Waals surface area contributed by atoms with Crippen molar-refractivity contribution in [2.24, 2.45) is 11.8 Å². The molecule has 0 N–H and O–H groups in total. The Morgan fingerprint density at radius 1 is 1.47 bits per heavy atom. The lowest BCUT2D eigenvalue weighted by molar-refractivity contribution is -0.154. The summed E-state index contributed by atoms with van der Waals surface area (Å²) in [6, 6.07) is 0. The molecule has 0 heterocycles. The average molecular weight is 212 g/mol. The van der Waals surface area contributed by atoms with Gasteiger partial charge in [0.05, 0.1) is 13.7 Å². The van der Waals surface area contributed by atoms with Gasteiger partial charge in [0.15, 0.2) is 6.10 Å². The van der Waals surface area contributed by atoms with E-state index in [0.717, 1.165) is 12.8 Å². The predicted molar refractivity (Wildman–Crippen MR) is 58.5 cm³/mol. The van der Waals surface area contributed by atoms with Gasteiger partial charge in [0.25, 0.3) is 0 Å². The lowest BCUT2D eigenvalue weighted by atomic mass is 9.85. The first-order chi connectivity index (χ1) is 7.15. The molecular formula is C12H20O3. The quantitative estimate of drug-likeness (QED) is 0.529. The summed E-state index contributed by atoms with van der Waals surface area (Å²) in [7, 11) is 1.38. The Kier molecular flexibility index (Phi) is 4.82. The van der Waals surface area contributed by atoms with E-state index in [9.17, 15) is 4.79 Å². The molecule has 1 aliphatic rings. The van der Waals surface area contributed by atoms with E-state index in [4.69, 9.17) is 4.74 Å². The van der Waals surface area contributed by atoms with Crippen LogP contribution in [0.2, 0.25) is 0 Å². The number of hydrogen-bond donors (Lipinski definition) is 0. The zero-order chi connectivity index (χ0) is 11.3. The summed E-state index contributed by atoms with van der Waals surface area (Å²) in [4.78, 5) is 11.1. The number of esters is 1. The SMILES string of the molecule is COC(=O)[C@@H](C)OCC1CC=CCC1C. The summed E-state index contributed by atoms with van der Waals surface area (Å²) in [5.74, 6) is 0.871. The number of ether oxygens (including phenoxy) is 2. The molecule has 0 saturated heterocycles. The molecule has 0 radical (unpaired) electrons. The van der Waals surface area contributed by atoms with Crippen LogP contribution < -0.4 is 0 Å². The topological polar surface area (TPSA) is 35.5 Å². The third-order valence-electron chi connectivity index (χ3n) is 3.01. The number of allylic oxidation sites excluding steroid dienone is 2. The van der Waals surface area contributed by atoms with Gasteiger partial charge in [-0.15, -0.1) is 0 Å². The highest BCUT2D eigenvalue weighted by Gasteiger charge is 2.21. The molecule has 0 bridgehead atoms. The van der Waals surface area contributed by atoms with Crippen molar-refractivity contribution in [1.82, 2.24) is 0 Å². The molecule has 2 unspecified atom stereocenters. The Morgan fingerprint density at radius 2 is 2.13 bits per heavy atom. The molecule has 0 aliphatic heterocycles. The fourth-order valence-corrected chi connectivity index (χ4v) is 1.74. The molecule has 0 amide bonds. The first-order valence-corrected chi connectivity index (χ1v) is 5.49. The lowest BCUT2D eigenvalue weighted by Crippen LogP contribution is -2.27. The van der Waals surface area contributed by atoms with Gasteiger partial charge in [-0.1, -0.05) is 19.1 Å². The number of methoxy groups -OCH3 is 1. The van der Waals surface area contributed by atoms with Crippen LogP contribution in [0.25, 0.3) is 0 Å². The number of rotatable bonds is 4. The minimum atomic E-state index is -0.451. The van der Waals surface area contributed by atoms with Gasteiger partial charge in [-0.25, -0.2) is 4.79 Å². The van der Waals surface area contributed by atoms with Crippen LogP contribution in [-0.4, -0.2) is 25.8 Å². The summed E-state index contributed by atoms with van der Waals surface area (Å²) in [5.41, 5.74) is 0. The van der Waals surface area contributed by atoms with Crippen molar-refractivity contribution in [1.29, 1.82) is 0 Å². The van der Waals surface area contributed by atoms with Crippen molar-refractivity contribution in [2.75, 3.05) is 13.7 Å². The molecule has 3 heteroatoms. The second-order valence-corrected chi connectivity index (χ2v) is 4.18. The van der Waals surface area contributed by atoms with E-state index in [2.05, 4.69) is 23.8 Å². The summed E-state index contributed by atoms with van der Waals surface area (Å²) < 4.78 is 10.1. The number of hydrogen-bond acceptors (Lipinski definition) is 3. The minimum absolute atomic E-state index is 0.297. The van der Waals surface area contributed by atoms with Gasteiger partial charge >= 0.3 is 5.97 Å². The van der Waals surface area contributed by atoms with E-state index in [1.54, 1.807) is 6.92 Å². The minimum Gasteiger partial charge on any atom is -0.467 e. The molecule has 15 heavy (non-hydrogen) atoms. The fourth-order valence-electron chi connectivity index (χ4n) is 1.74. The maximum absolute atomic E-state index is 11.1. The molecule has 3 nitrogen and oxygen atoms in total. The molecule has 0 fully saturated rings. The molecule has 3 atom stereocenters. The zero-order valence-corrected chi connectivity index (χ0v) is 9.73. The highest BCUT2D eigenvalue weighted by atomic mass is 16.6. The van der Waals surface area contributed by atoms with Gasteiger partial charge in [0.2, 0.25) is 0 Å². The van der Waals surface area contributed by atoms with Gasteiger partial charge in [-0.05, 0) is 31.6 Å². The van der Waals surface area contributed by atoms with Crippen LogP contribution in [0.15, 0.2) is 12.2 Å². The second kappa shape index (κ2) is 5.91. The summed E-state index contributed by atoms with van der Waals surface area (Å²) >= 11 is 0. The molecule has 86 valence electrons. The van der Waals surface area contributed by atoms with Crippen LogP contribution in [0.5, 0.6) is 0 Å². The Labute approximate surface area is 91.4 Å². The average Bonchev–Trinajstić information content (AvgIpc) is 2.26. The molecular weight excluding hydrogens is 192 g/mol. The fraction of sp³-hybridized carbons (Fsp3) is 0.750. The van der Waals surface area contributed by atoms with Gasteiger partial charge in [0, 0.05) is 0 Å². The van der Waals surface area contributed by atoms with Crippen molar-refractivity contribution in [3.8, 4) is 0 Å². The van der Waals surface area contributed by atoms with Gasteiger partial charge in [-0.2, -0.15) is 0 Å². The summed E-state index contributed by atoms with van der Waals surface area (Å²) in [5, 5.41) is 0. The highest BCUT2D eigenvalue weighted by molar-refractivity contribution is 5.73. The van der Waals surface area contributed by atoms with E-state index in [1.807, 2.05) is 0 Å². The third-order valence-corrected chi connectivity index (χ3v) is 3.01. The Bertz CT molecular complexity index is 235. The maximum Gasteiger partial charge on any atom is 0.334 e. The van der Waals surface area contributed by atoms with Crippen LogP contribution in [0.1, 0.15) is 26.7 Å². The molecule has 0 spiro atoms. The first-order valence-electron chi connectivity index (χ1n) is 5.49. The van der Waals surface area contributed by atoms with Crippen LogP contribution in [0, 0.1) is 11.8 Å². The zero-order valence-electron chi connectivity index (χ0n) is 9.73. The maximum atomic E-state index is 11.1. The number of carbonyl (C=O) groups excluding carboxylic acids is 1. The number of carbonyl (C=O) groups is 1. The predicted octanol–water partition coefficient (Wildman–Crippen LogP) is 2.17. The van der Waals surface area contributed by atoms with Crippen LogP contribution >= 0.6 is 0 Å². The Morgan fingerprint density at radius 3 is 2.73 bits per heavy atom. The summed E-state index contributed by atoms with van der Waals surface area (Å²) in [6.45, 7) is 4.59. The second-order valence-electron chi connectivity index (χ2n) is 4.18. The van der Waals surface area contributed by atoms with Crippen LogP contribution in [0.4, 0.5) is 0 Å². The van der Waals surface area contributed by atoms with Crippen molar-refractivity contribution in [2.45, 2.75) is 32.8 Å². The van der Waals surface area contributed by atoms with E-state index in [-0.39, 0.29) is 5.97 Å². The van der Waals surface area contributed by atoms with Crippen molar-refractivity contribution in [3.63, 3.8) is 0 Å². The van der Waals surface area contributed by atoms with Crippen LogP contribution in [-0.2, 0) is 14.3 Å². The molecule has 0 aromatic carbocycles. The van der Waals surface area contributed by atoms with Gasteiger partial charge in [-0.3, -0.25) is 0 Å². The molecule has 1 aliphatic carbocycles. The van der Waals surface area contributed by atoms with Crippen molar-refractivity contribution < 1.29 is 14.3 Å². The summed E-state index contributed by atoms with van der Waals surface area (Å²) in [6.07, 6.45) is 6.12. The molecule has 1 rings (SSSR count). The Balaban J connectivity index is 2.30. The van der Waals surface area contributed by atoms with Crippen molar-refractivity contribution >= 4 is 5.97 Å². The smallest absolute Gasteiger partial charge is 0.334 e. The van der Waals surface area contributed by atoms with E-state index in [0.29, 0.717) is 18.4 Å². The van der Waals surface area contributed by atoms with E-state index >= 15 is 0 Å². The van der Waals surface area contributed by atoms with Gasteiger partial charge in [0.1, 0.15) is 0 Å². The highest BCUT2D eigenvalue weighted by Crippen LogP contribution is 2.25. The van der Waals surface area contributed by atoms with E-state index < -0.39 is 6.10 Å². The van der Waals surface area contributed by atoms with Gasteiger partial charge < -0.3 is 9.47 Å². The molecule has 0 saturated carbocycles. The molecule has 0 aromatic rings. The van der Waals surface area contributed by atoms with E-state index in [1.165, 1.54) is 7.11 Å². The van der Waals surface area contributed by atoms with Crippen molar-refractivity contribution in [3.05, 3.63) is 12.2 Å². The largest absolute Gasteiger partial charge is 0.467 e. The third kappa shape index (κ3) is 3.67. The first kappa shape index (κ1) is 12.2. The normalized spacial score (nSPS) is 27.4. The molecule has 0 aromatic heterocycles. The monoisotopic (exact) mass is 212 g/mol. The lowest BCUT2D eigenvalue weighted by Gasteiger charge is -2.25.